The van der Waals surface area contributed by atoms with Crippen molar-refractivity contribution >= 4 is 27.7 Å². The summed E-state index contributed by atoms with van der Waals surface area (Å²) in [6.07, 6.45) is 1.75. The lowest BCUT2D eigenvalue weighted by molar-refractivity contribution is 0.0842. The molecule has 0 saturated carbocycles. The molecule has 0 fully saturated rings. The van der Waals surface area contributed by atoms with Crippen LogP contribution in [0.1, 0.15) is 26.4 Å². The molecule has 22 heavy (non-hydrogen) atoms. The Kier molecular flexibility index (Phi) is 4.87. The Morgan fingerprint density at radius 3 is 2.45 bits per heavy atom. The molecule has 116 valence electrons. The number of aryl methyl sites for hydroxylation is 2. The molecular weight excluding hydrogens is 350 g/mol. The zero-order valence-electron chi connectivity index (χ0n) is 12.4. The number of benzene rings is 1. The van der Waals surface area contributed by atoms with Crippen LogP contribution in [0.4, 0.5) is 0 Å². The van der Waals surface area contributed by atoms with E-state index in [1.165, 1.54) is 0 Å². The zero-order chi connectivity index (χ0) is 16.3. The summed E-state index contributed by atoms with van der Waals surface area (Å²) in [4.78, 5) is 24.1. The normalized spacial score (nSPS) is 10.2. The van der Waals surface area contributed by atoms with Crippen molar-refractivity contribution in [2.45, 2.75) is 6.92 Å². The Morgan fingerprint density at radius 2 is 1.86 bits per heavy atom. The summed E-state index contributed by atoms with van der Waals surface area (Å²) in [5.41, 5.74) is 6.52. The van der Waals surface area contributed by atoms with Gasteiger partial charge in [-0.3, -0.25) is 20.4 Å². The maximum absolute atomic E-state index is 12.1. The molecule has 0 atom stereocenters. The fourth-order valence-corrected chi connectivity index (χ4v) is 2.48. The highest BCUT2D eigenvalue weighted by Crippen LogP contribution is 2.18. The number of methoxy groups -OCH3 is 1. The van der Waals surface area contributed by atoms with Crippen molar-refractivity contribution in [3.8, 4) is 5.75 Å². The van der Waals surface area contributed by atoms with Crippen LogP contribution in [0.15, 0.2) is 34.9 Å². The Morgan fingerprint density at radius 1 is 1.18 bits per heavy atom. The average molecular weight is 366 g/mol. The standard InChI is InChI=1S/C15H16BrN3O3/c1-9-4-5-10(6-13(9)22-3)14(20)17-18-15(21)12-7-11(16)8-19(12)2/h4-8H,1-3H3,(H,17,20)(H,18,21). The van der Waals surface area contributed by atoms with Crippen LogP contribution < -0.4 is 15.6 Å². The first kappa shape index (κ1) is 16.1. The fourth-order valence-electron chi connectivity index (χ4n) is 1.96. The lowest BCUT2D eigenvalue weighted by Crippen LogP contribution is -2.42. The van der Waals surface area contributed by atoms with Gasteiger partial charge in [0.2, 0.25) is 0 Å². The minimum absolute atomic E-state index is 0.399. The summed E-state index contributed by atoms with van der Waals surface area (Å²) in [5.74, 6) is -0.203. The minimum Gasteiger partial charge on any atom is -0.496 e. The Bertz CT molecular complexity index is 725. The van der Waals surface area contributed by atoms with Crippen molar-refractivity contribution < 1.29 is 14.3 Å². The van der Waals surface area contributed by atoms with E-state index in [1.807, 2.05) is 6.92 Å². The van der Waals surface area contributed by atoms with Crippen LogP contribution in [0.3, 0.4) is 0 Å². The molecule has 2 amide bonds. The van der Waals surface area contributed by atoms with Crippen molar-refractivity contribution in [2.75, 3.05) is 7.11 Å². The molecule has 0 unspecified atom stereocenters. The van der Waals surface area contributed by atoms with E-state index in [9.17, 15) is 9.59 Å². The molecule has 0 aliphatic heterocycles. The largest absolute Gasteiger partial charge is 0.496 e. The number of aromatic nitrogens is 1. The zero-order valence-corrected chi connectivity index (χ0v) is 14.0. The predicted molar refractivity (Wildman–Crippen MR) is 85.8 cm³/mol. The van der Waals surface area contributed by atoms with Crippen molar-refractivity contribution in [3.63, 3.8) is 0 Å². The molecule has 0 bridgehead atoms. The molecule has 2 aromatic rings. The number of nitrogens with zero attached hydrogens (tertiary/aromatic N) is 1. The highest BCUT2D eigenvalue weighted by molar-refractivity contribution is 9.10. The average Bonchev–Trinajstić information content (AvgIpc) is 2.83. The highest BCUT2D eigenvalue weighted by atomic mass is 79.9. The van der Waals surface area contributed by atoms with Crippen LogP contribution in [0, 0.1) is 6.92 Å². The Labute approximate surface area is 136 Å². The highest BCUT2D eigenvalue weighted by Gasteiger charge is 2.13. The third-order valence-corrected chi connectivity index (χ3v) is 3.60. The summed E-state index contributed by atoms with van der Waals surface area (Å²) < 4.78 is 7.61. The second kappa shape index (κ2) is 6.65. The van der Waals surface area contributed by atoms with E-state index >= 15 is 0 Å². The number of hydrazine groups is 1. The number of rotatable bonds is 3. The van der Waals surface area contributed by atoms with Gasteiger partial charge in [0.15, 0.2) is 0 Å². The molecule has 2 rings (SSSR count). The van der Waals surface area contributed by atoms with Gasteiger partial charge in [-0.2, -0.15) is 0 Å². The van der Waals surface area contributed by atoms with Crippen molar-refractivity contribution in [3.05, 3.63) is 51.8 Å². The van der Waals surface area contributed by atoms with E-state index in [2.05, 4.69) is 26.8 Å². The van der Waals surface area contributed by atoms with Gasteiger partial charge in [-0.1, -0.05) is 6.07 Å². The number of hydrogen-bond acceptors (Lipinski definition) is 3. The first-order valence-electron chi connectivity index (χ1n) is 6.49. The van der Waals surface area contributed by atoms with E-state index in [4.69, 9.17) is 4.74 Å². The number of halogens is 1. The molecule has 2 N–H and O–H groups in total. The van der Waals surface area contributed by atoms with Gasteiger partial charge in [-0.05, 0) is 46.6 Å². The smallest absolute Gasteiger partial charge is 0.286 e. The number of amides is 2. The van der Waals surface area contributed by atoms with Gasteiger partial charge >= 0.3 is 0 Å². The van der Waals surface area contributed by atoms with E-state index in [0.717, 1.165) is 10.0 Å². The van der Waals surface area contributed by atoms with Crippen LogP contribution in [-0.2, 0) is 7.05 Å². The second-order valence-electron chi connectivity index (χ2n) is 4.75. The van der Waals surface area contributed by atoms with Crippen LogP contribution in [0.25, 0.3) is 0 Å². The topological polar surface area (TPSA) is 72.4 Å². The molecular formula is C15H16BrN3O3. The Hall–Kier alpha value is -2.28. The molecule has 1 heterocycles. The number of nitrogens with one attached hydrogen (secondary N) is 2. The van der Waals surface area contributed by atoms with Crippen LogP contribution in [0.2, 0.25) is 0 Å². The first-order chi connectivity index (χ1) is 10.4. The molecule has 1 aromatic heterocycles. The van der Waals surface area contributed by atoms with Gasteiger partial charge in [-0.15, -0.1) is 0 Å². The molecule has 7 heteroatoms. The molecule has 1 aromatic carbocycles. The van der Waals surface area contributed by atoms with Crippen molar-refractivity contribution in [2.24, 2.45) is 7.05 Å². The third-order valence-electron chi connectivity index (χ3n) is 3.16. The van der Waals surface area contributed by atoms with Gasteiger partial charge in [0.25, 0.3) is 11.8 Å². The fraction of sp³-hybridized carbons (Fsp3) is 0.200. The quantitative estimate of drug-likeness (QED) is 0.818. The maximum Gasteiger partial charge on any atom is 0.286 e. The van der Waals surface area contributed by atoms with E-state index in [-0.39, 0.29) is 0 Å². The number of carbonyl (C=O) groups is 2. The third kappa shape index (κ3) is 3.48. The van der Waals surface area contributed by atoms with Gasteiger partial charge in [-0.25, -0.2) is 0 Å². The lowest BCUT2D eigenvalue weighted by atomic mass is 10.1. The van der Waals surface area contributed by atoms with Crippen LogP contribution in [0.5, 0.6) is 5.75 Å². The summed E-state index contributed by atoms with van der Waals surface area (Å²) >= 11 is 3.29. The van der Waals surface area contributed by atoms with Gasteiger partial charge in [0.05, 0.1) is 7.11 Å². The molecule has 0 spiro atoms. The van der Waals surface area contributed by atoms with Crippen LogP contribution in [-0.4, -0.2) is 23.5 Å². The molecule has 0 aliphatic rings. The van der Waals surface area contributed by atoms with Gasteiger partial charge in [0, 0.05) is 23.3 Å². The molecule has 0 radical (unpaired) electrons. The Balaban J connectivity index is 2.04. The van der Waals surface area contributed by atoms with Gasteiger partial charge in [0.1, 0.15) is 11.4 Å². The van der Waals surface area contributed by atoms with Crippen LogP contribution >= 0.6 is 15.9 Å². The van der Waals surface area contributed by atoms with Crippen molar-refractivity contribution in [1.29, 1.82) is 0 Å². The molecule has 6 nitrogen and oxygen atoms in total. The SMILES string of the molecule is COc1cc(C(=O)NNC(=O)c2cc(Br)cn2C)ccc1C. The summed E-state index contributed by atoms with van der Waals surface area (Å²) in [6, 6.07) is 6.73. The maximum atomic E-state index is 12.1. The number of hydrogen-bond donors (Lipinski definition) is 2. The summed E-state index contributed by atoms with van der Waals surface area (Å²) in [6.45, 7) is 1.88. The van der Waals surface area contributed by atoms with Gasteiger partial charge < -0.3 is 9.30 Å². The summed E-state index contributed by atoms with van der Waals surface area (Å²) in [7, 11) is 3.28. The lowest BCUT2D eigenvalue weighted by Gasteiger charge is -2.10. The second-order valence-corrected chi connectivity index (χ2v) is 5.66. The summed E-state index contributed by atoms with van der Waals surface area (Å²) in [5, 5.41) is 0. The first-order valence-corrected chi connectivity index (χ1v) is 7.29. The minimum atomic E-state index is -0.417. The number of ether oxygens (including phenoxy) is 1. The van der Waals surface area contributed by atoms with E-state index < -0.39 is 11.8 Å². The monoisotopic (exact) mass is 365 g/mol. The predicted octanol–water partition coefficient (Wildman–Crippen LogP) is 2.18. The van der Waals surface area contributed by atoms with Crippen molar-refractivity contribution in [1.82, 2.24) is 15.4 Å². The molecule has 0 aliphatic carbocycles. The number of carbonyl (C=O) groups excluding carboxylic acids is 2. The van der Waals surface area contributed by atoms with E-state index in [1.54, 1.807) is 49.2 Å². The molecule has 0 saturated heterocycles. The van der Waals surface area contributed by atoms with E-state index in [0.29, 0.717) is 17.0 Å².